The zero-order valence-electron chi connectivity index (χ0n) is 12.6. The minimum absolute atomic E-state index is 0.0257. The van der Waals surface area contributed by atoms with E-state index in [1.165, 1.54) is 0 Å². The summed E-state index contributed by atoms with van der Waals surface area (Å²) in [6.07, 6.45) is 1.07. The van der Waals surface area contributed by atoms with Crippen LogP contribution >= 0.6 is 11.3 Å². The second-order valence-electron chi connectivity index (χ2n) is 5.00. The van der Waals surface area contributed by atoms with Crippen LogP contribution in [-0.2, 0) is 31.2 Å². The number of thiazole rings is 1. The number of nitrogens with two attached hydrogens (primary N) is 1. The summed E-state index contributed by atoms with van der Waals surface area (Å²) >= 11 is 1.55. The highest BCUT2D eigenvalue weighted by atomic mass is 32.1. The Bertz CT molecular complexity index is 631. The van der Waals surface area contributed by atoms with Gasteiger partial charge in [0.1, 0.15) is 0 Å². The molecule has 0 bridgehead atoms. The van der Waals surface area contributed by atoms with Crippen LogP contribution in [0.1, 0.15) is 27.7 Å². The highest BCUT2D eigenvalue weighted by Crippen LogP contribution is 2.12. The third-order valence-corrected chi connectivity index (χ3v) is 4.38. The molecule has 0 aromatic carbocycles. The Hall–Kier alpha value is -1.73. The third kappa shape index (κ3) is 3.89. The van der Waals surface area contributed by atoms with E-state index < -0.39 is 0 Å². The van der Waals surface area contributed by atoms with E-state index in [0.717, 1.165) is 34.1 Å². The van der Waals surface area contributed by atoms with Gasteiger partial charge in [0.05, 0.1) is 22.8 Å². The molecule has 0 saturated heterocycles. The smallest absolute Gasteiger partial charge is 0.226 e. The van der Waals surface area contributed by atoms with E-state index in [1.54, 1.807) is 11.3 Å². The first-order valence-corrected chi connectivity index (χ1v) is 7.78. The second-order valence-corrected chi connectivity index (χ2v) is 5.94. The fraction of sp³-hybridized carbons (Fsp3) is 0.500. The maximum absolute atomic E-state index is 12.0. The van der Waals surface area contributed by atoms with Crippen molar-refractivity contribution in [3.8, 4) is 0 Å². The molecule has 0 saturated carbocycles. The molecule has 0 aliphatic heterocycles. The molecule has 2 heterocycles. The Labute approximate surface area is 128 Å². The number of amides is 1. The average Bonchev–Trinajstić information content (AvgIpc) is 2.95. The number of nitrogens with one attached hydrogen (secondary N) is 1. The lowest BCUT2D eigenvalue weighted by atomic mass is 10.2. The van der Waals surface area contributed by atoms with E-state index in [9.17, 15) is 4.79 Å². The number of rotatable bonds is 6. The van der Waals surface area contributed by atoms with Gasteiger partial charge >= 0.3 is 0 Å². The molecule has 7 heteroatoms. The Balaban J connectivity index is 1.89. The SMILES string of the molecule is Cc1nn(C)c(C)c1CNC(=O)Cc1csc(CCN)n1. The molecule has 1 amide bonds. The molecule has 2 aromatic heterocycles. The van der Waals surface area contributed by atoms with Crippen LogP contribution in [-0.4, -0.2) is 27.2 Å². The van der Waals surface area contributed by atoms with Gasteiger partial charge in [0.15, 0.2) is 0 Å². The van der Waals surface area contributed by atoms with Crippen LogP contribution in [0.2, 0.25) is 0 Å². The lowest BCUT2D eigenvalue weighted by Gasteiger charge is -2.05. The third-order valence-electron chi connectivity index (χ3n) is 3.42. The van der Waals surface area contributed by atoms with Crippen molar-refractivity contribution in [1.29, 1.82) is 0 Å². The normalized spacial score (nSPS) is 10.9. The second kappa shape index (κ2) is 6.82. The minimum Gasteiger partial charge on any atom is -0.352 e. The number of aromatic nitrogens is 3. The predicted octanol–water partition coefficient (Wildman–Crippen LogP) is 0.854. The highest BCUT2D eigenvalue weighted by molar-refractivity contribution is 7.09. The molecule has 2 aromatic rings. The number of carbonyl (C=O) groups is 1. The van der Waals surface area contributed by atoms with Gasteiger partial charge in [-0.2, -0.15) is 5.10 Å². The maximum Gasteiger partial charge on any atom is 0.226 e. The van der Waals surface area contributed by atoms with Gasteiger partial charge < -0.3 is 11.1 Å². The van der Waals surface area contributed by atoms with E-state index >= 15 is 0 Å². The number of aryl methyl sites for hydroxylation is 2. The van der Waals surface area contributed by atoms with Crippen molar-refractivity contribution >= 4 is 17.2 Å². The first kappa shape index (κ1) is 15.7. The molecule has 0 spiro atoms. The van der Waals surface area contributed by atoms with Crippen LogP contribution in [0.4, 0.5) is 0 Å². The topological polar surface area (TPSA) is 85.8 Å². The molecule has 6 nitrogen and oxygen atoms in total. The monoisotopic (exact) mass is 307 g/mol. The number of hydrogen-bond acceptors (Lipinski definition) is 5. The fourth-order valence-electron chi connectivity index (χ4n) is 2.16. The van der Waals surface area contributed by atoms with Crippen LogP contribution in [0, 0.1) is 13.8 Å². The zero-order chi connectivity index (χ0) is 15.4. The summed E-state index contributed by atoms with van der Waals surface area (Å²) in [4.78, 5) is 16.4. The Morgan fingerprint density at radius 1 is 1.48 bits per heavy atom. The first-order valence-electron chi connectivity index (χ1n) is 6.90. The summed E-state index contributed by atoms with van der Waals surface area (Å²) in [6.45, 7) is 5.04. The molecule has 0 atom stereocenters. The molecule has 114 valence electrons. The predicted molar refractivity (Wildman–Crippen MR) is 83.1 cm³/mol. The van der Waals surface area contributed by atoms with Gasteiger partial charge in [-0.15, -0.1) is 11.3 Å². The van der Waals surface area contributed by atoms with E-state index in [1.807, 2.05) is 31.0 Å². The molecule has 0 unspecified atom stereocenters. The van der Waals surface area contributed by atoms with E-state index in [4.69, 9.17) is 5.73 Å². The summed E-state index contributed by atoms with van der Waals surface area (Å²) in [5.41, 5.74) is 9.40. The van der Waals surface area contributed by atoms with Gasteiger partial charge in [0.25, 0.3) is 0 Å². The summed E-state index contributed by atoms with van der Waals surface area (Å²) in [5.74, 6) is -0.0257. The van der Waals surface area contributed by atoms with Gasteiger partial charge in [-0.3, -0.25) is 9.48 Å². The number of hydrogen-bond donors (Lipinski definition) is 2. The number of carbonyl (C=O) groups excluding carboxylic acids is 1. The van der Waals surface area contributed by atoms with Crippen molar-refractivity contribution in [2.24, 2.45) is 12.8 Å². The summed E-state index contributed by atoms with van der Waals surface area (Å²) in [7, 11) is 1.90. The Kier molecular flexibility index (Phi) is 5.08. The fourth-order valence-corrected chi connectivity index (χ4v) is 2.97. The van der Waals surface area contributed by atoms with Gasteiger partial charge in [-0.25, -0.2) is 4.98 Å². The van der Waals surface area contributed by atoms with Gasteiger partial charge in [-0.05, 0) is 20.4 Å². The molecule has 0 radical (unpaired) electrons. The quantitative estimate of drug-likeness (QED) is 0.828. The van der Waals surface area contributed by atoms with Crippen molar-refractivity contribution in [2.45, 2.75) is 33.2 Å². The van der Waals surface area contributed by atoms with Crippen LogP contribution in [0.25, 0.3) is 0 Å². The van der Waals surface area contributed by atoms with Crippen LogP contribution in [0.15, 0.2) is 5.38 Å². The van der Waals surface area contributed by atoms with Gasteiger partial charge in [-0.1, -0.05) is 0 Å². The molecule has 0 fully saturated rings. The highest BCUT2D eigenvalue weighted by Gasteiger charge is 2.12. The summed E-state index contributed by atoms with van der Waals surface area (Å²) in [5, 5.41) is 10.2. The molecular weight excluding hydrogens is 286 g/mol. The molecule has 0 aliphatic carbocycles. The molecule has 0 aliphatic rings. The molecule has 21 heavy (non-hydrogen) atoms. The number of nitrogens with zero attached hydrogens (tertiary/aromatic N) is 3. The van der Waals surface area contributed by atoms with Crippen molar-refractivity contribution in [3.63, 3.8) is 0 Å². The van der Waals surface area contributed by atoms with E-state index in [0.29, 0.717) is 19.5 Å². The van der Waals surface area contributed by atoms with E-state index in [-0.39, 0.29) is 5.91 Å². The minimum atomic E-state index is -0.0257. The van der Waals surface area contributed by atoms with Crippen LogP contribution in [0.5, 0.6) is 0 Å². The molecular formula is C14H21N5OS. The van der Waals surface area contributed by atoms with Crippen molar-refractivity contribution < 1.29 is 4.79 Å². The Morgan fingerprint density at radius 2 is 2.24 bits per heavy atom. The lowest BCUT2D eigenvalue weighted by Crippen LogP contribution is -2.25. The lowest BCUT2D eigenvalue weighted by molar-refractivity contribution is -0.120. The van der Waals surface area contributed by atoms with Crippen molar-refractivity contribution in [3.05, 3.63) is 33.0 Å². The Morgan fingerprint density at radius 3 is 2.86 bits per heavy atom. The van der Waals surface area contributed by atoms with Crippen molar-refractivity contribution in [2.75, 3.05) is 6.54 Å². The average molecular weight is 307 g/mol. The largest absolute Gasteiger partial charge is 0.352 e. The van der Waals surface area contributed by atoms with Crippen molar-refractivity contribution in [1.82, 2.24) is 20.1 Å². The van der Waals surface area contributed by atoms with Crippen LogP contribution < -0.4 is 11.1 Å². The first-order chi connectivity index (χ1) is 10.0. The van der Waals surface area contributed by atoms with Gasteiger partial charge in [0.2, 0.25) is 5.91 Å². The summed E-state index contributed by atoms with van der Waals surface area (Å²) in [6, 6.07) is 0. The summed E-state index contributed by atoms with van der Waals surface area (Å²) < 4.78 is 1.83. The molecule has 2 rings (SSSR count). The van der Waals surface area contributed by atoms with Crippen LogP contribution in [0.3, 0.4) is 0 Å². The molecule has 3 N–H and O–H groups in total. The van der Waals surface area contributed by atoms with Gasteiger partial charge in [0, 0.05) is 36.7 Å². The zero-order valence-corrected chi connectivity index (χ0v) is 13.5. The maximum atomic E-state index is 12.0. The van der Waals surface area contributed by atoms with E-state index in [2.05, 4.69) is 15.4 Å². The standard InChI is InChI=1S/C14H21N5OS/c1-9-12(10(2)19(3)18-9)7-16-13(20)6-11-8-21-14(17-11)4-5-15/h8H,4-7,15H2,1-3H3,(H,16,20).